The van der Waals surface area contributed by atoms with Crippen LogP contribution >= 0.6 is 0 Å². The zero-order valence-electron chi connectivity index (χ0n) is 13.2. The molecular weight excluding hydrogens is 270 g/mol. The van der Waals surface area contributed by atoms with E-state index in [9.17, 15) is 5.11 Å². The Balaban J connectivity index is 2.04. The van der Waals surface area contributed by atoms with E-state index < -0.39 is 0 Å². The minimum absolute atomic E-state index is 0.156. The first-order chi connectivity index (χ1) is 10.8. The highest BCUT2D eigenvalue weighted by atomic mass is 16.3. The third-order valence-electron chi connectivity index (χ3n) is 4.83. The standard InChI is InChI=1S/C20H25NO/c1-2-21-15-9-14-18(22)20(21)19(16-10-5-3-6-11-16)17-12-7-4-8-13-17/h3-8,10-13,18-20,22H,2,9,14-15H2,1H3. The number of hydrogen-bond acceptors (Lipinski definition) is 2. The van der Waals surface area contributed by atoms with Crippen LogP contribution in [0.25, 0.3) is 0 Å². The molecule has 2 nitrogen and oxygen atoms in total. The van der Waals surface area contributed by atoms with Gasteiger partial charge in [0.2, 0.25) is 0 Å². The van der Waals surface area contributed by atoms with E-state index >= 15 is 0 Å². The third kappa shape index (κ3) is 3.08. The quantitative estimate of drug-likeness (QED) is 0.930. The second kappa shape index (κ2) is 7.08. The van der Waals surface area contributed by atoms with E-state index in [1.165, 1.54) is 11.1 Å². The van der Waals surface area contributed by atoms with Gasteiger partial charge in [-0.2, -0.15) is 0 Å². The van der Waals surface area contributed by atoms with Gasteiger partial charge in [0.1, 0.15) is 0 Å². The van der Waals surface area contributed by atoms with Crippen molar-refractivity contribution >= 4 is 0 Å². The van der Waals surface area contributed by atoms with E-state index in [0.717, 1.165) is 25.9 Å². The van der Waals surface area contributed by atoms with Gasteiger partial charge in [-0.1, -0.05) is 67.6 Å². The molecule has 2 aromatic carbocycles. The van der Waals surface area contributed by atoms with Crippen molar-refractivity contribution in [1.29, 1.82) is 0 Å². The van der Waals surface area contributed by atoms with Crippen molar-refractivity contribution in [2.75, 3.05) is 13.1 Å². The molecule has 2 heteroatoms. The van der Waals surface area contributed by atoms with Crippen LogP contribution in [0.2, 0.25) is 0 Å². The van der Waals surface area contributed by atoms with Gasteiger partial charge in [-0.25, -0.2) is 0 Å². The Morgan fingerprint density at radius 3 is 2.05 bits per heavy atom. The number of benzene rings is 2. The fourth-order valence-electron chi connectivity index (χ4n) is 3.78. The van der Waals surface area contributed by atoms with E-state index in [2.05, 4.69) is 72.5 Å². The van der Waals surface area contributed by atoms with Crippen molar-refractivity contribution in [3.8, 4) is 0 Å². The lowest BCUT2D eigenvalue weighted by atomic mass is 9.79. The van der Waals surface area contributed by atoms with Crippen LogP contribution in [0.3, 0.4) is 0 Å². The van der Waals surface area contributed by atoms with Crippen LogP contribution in [0, 0.1) is 0 Å². The molecule has 2 aromatic rings. The Bertz CT molecular complexity index is 529. The third-order valence-corrected chi connectivity index (χ3v) is 4.83. The molecule has 1 heterocycles. The van der Waals surface area contributed by atoms with Crippen LogP contribution in [0.4, 0.5) is 0 Å². The van der Waals surface area contributed by atoms with Gasteiger partial charge >= 0.3 is 0 Å². The second-order valence-electron chi connectivity index (χ2n) is 6.13. The minimum Gasteiger partial charge on any atom is -0.391 e. The van der Waals surface area contributed by atoms with Crippen LogP contribution in [0.5, 0.6) is 0 Å². The molecule has 22 heavy (non-hydrogen) atoms. The molecule has 1 saturated heterocycles. The zero-order chi connectivity index (χ0) is 15.4. The lowest BCUT2D eigenvalue weighted by Gasteiger charge is -2.43. The molecule has 0 aromatic heterocycles. The van der Waals surface area contributed by atoms with Gasteiger partial charge < -0.3 is 5.11 Å². The molecule has 1 aliphatic heterocycles. The van der Waals surface area contributed by atoms with E-state index in [1.807, 2.05) is 0 Å². The molecule has 0 radical (unpaired) electrons. The molecule has 3 rings (SSSR count). The molecule has 2 unspecified atom stereocenters. The smallest absolute Gasteiger partial charge is 0.0705 e. The monoisotopic (exact) mass is 295 g/mol. The average molecular weight is 295 g/mol. The highest BCUT2D eigenvalue weighted by molar-refractivity contribution is 5.35. The molecule has 1 aliphatic rings. The maximum atomic E-state index is 10.7. The number of rotatable bonds is 4. The van der Waals surface area contributed by atoms with Gasteiger partial charge in [0, 0.05) is 12.0 Å². The lowest BCUT2D eigenvalue weighted by Crippen LogP contribution is -2.51. The van der Waals surface area contributed by atoms with Crippen molar-refractivity contribution in [2.45, 2.75) is 37.8 Å². The van der Waals surface area contributed by atoms with E-state index in [-0.39, 0.29) is 18.1 Å². The molecular formula is C20H25NO. The van der Waals surface area contributed by atoms with E-state index in [0.29, 0.717) is 0 Å². The first kappa shape index (κ1) is 15.3. The predicted octanol–water partition coefficient (Wildman–Crippen LogP) is 3.66. The summed E-state index contributed by atoms with van der Waals surface area (Å²) in [5.74, 6) is 0.220. The number of piperidine rings is 1. The van der Waals surface area contributed by atoms with Gasteiger partial charge in [0.25, 0.3) is 0 Å². The molecule has 2 atom stereocenters. The van der Waals surface area contributed by atoms with Gasteiger partial charge in [-0.15, -0.1) is 0 Å². The van der Waals surface area contributed by atoms with Crippen molar-refractivity contribution in [1.82, 2.24) is 4.90 Å². The molecule has 1 N–H and O–H groups in total. The molecule has 0 spiro atoms. The number of likely N-dealkylation sites (N-methyl/N-ethyl adjacent to an activating group) is 1. The van der Waals surface area contributed by atoms with Crippen LogP contribution in [-0.4, -0.2) is 35.2 Å². The Morgan fingerprint density at radius 1 is 1.00 bits per heavy atom. The van der Waals surface area contributed by atoms with Gasteiger partial charge in [0.15, 0.2) is 0 Å². The van der Waals surface area contributed by atoms with Crippen molar-refractivity contribution in [3.05, 3.63) is 71.8 Å². The summed E-state index contributed by atoms with van der Waals surface area (Å²) in [6.45, 7) is 4.25. The normalized spacial score (nSPS) is 22.9. The van der Waals surface area contributed by atoms with Gasteiger partial charge in [-0.3, -0.25) is 4.90 Å². The van der Waals surface area contributed by atoms with Crippen LogP contribution in [-0.2, 0) is 0 Å². The Morgan fingerprint density at radius 2 is 1.55 bits per heavy atom. The highest BCUT2D eigenvalue weighted by Crippen LogP contribution is 2.35. The fraction of sp³-hybridized carbons (Fsp3) is 0.400. The number of nitrogens with zero attached hydrogens (tertiary/aromatic N) is 1. The molecule has 0 saturated carbocycles. The van der Waals surface area contributed by atoms with Crippen molar-refractivity contribution in [2.24, 2.45) is 0 Å². The number of likely N-dealkylation sites (tertiary alicyclic amines) is 1. The Labute approximate surface area is 133 Å². The first-order valence-electron chi connectivity index (χ1n) is 8.33. The number of aliphatic hydroxyl groups excluding tert-OH is 1. The minimum atomic E-state index is -0.265. The molecule has 116 valence electrons. The molecule has 0 amide bonds. The van der Waals surface area contributed by atoms with Gasteiger partial charge in [-0.05, 0) is 37.1 Å². The van der Waals surface area contributed by atoms with E-state index in [4.69, 9.17) is 0 Å². The number of aliphatic hydroxyl groups is 1. The SMILES string of the molecule is CCN1CCCC(O)C1C(c1ccccc1)c1ccccc1. The Kier molecular flexibility index (Phi) is 4.91. The average Bonchev–Trinajstić information content (AvgIpc) is 2.58. The van der Waals surface area contributed by atoms with Gasteiger partial charge in [0.05, 0.1) is 6.10 Å². The molecule has 0 bridgehead atoms. The summed E-state index contributed by atoms with van der Waals surface area (Å²) < 4.78 is 0. The van der Waals surface area contributed by atoms with Crippen molar-refractivity contribution < 1.29 is 5.11 Å². The maximum Gasteiger partial charge on any atom is 0.0705 e. The summed E-state index contributed by atoms with van der Waals surface area (Å²) in [7, 11) is 0. The molecule has 0 aliphatic carbocycles. The second-order valence-corrected chi connectivity index (χ2v) is 6.13. The summed E-state index contributed by atoms with van der Waals surface area (Å²) in [5.41, 5.74) is 2.58. The summed E-state index contributed by atoms with van der Waals surface area (Å²) >= 11 is 0. The topological polar surface area (TPSA) is 23.5 Å². The predicted molar refractivity (Wildman–Crippen MR) is 91.0 cm³/mol. The fourth-order valence-corrected chi connectivity index (χ4v) is 3.78. The number of hydrogen-bond donors (Lipinski definition) is 1. The zero-order valence-corrected chi connectivity index (χ0v) is 13.2. The van der Waals surface area contributed by atoms with Crippen LogP contribution in [0.1, 0.15) is 36.8 Å². The largest absolute Gasteiger partial charge is 0.391 e. The van der Waals surface area contributed by atoms with Crippen molar-refractivity contribution in [3.63, 3.8) is 0 Å². The highest BCUT2D eigenvalue weighted by Gasteiger charge is 2.36. The Hall–Kier alpha value is -1.64. The van der Waals surface area contributed by atoms with Crippen LogP contribution in [0.15, 0.2) is 60.7 Å². The maximum absolute atomic E-state index is 10.7. The van der Waals surface area contributed by atoms with E-state index in [1.54, 1.807) is 0 Å². The first-order valence-corrected chi connectivity index (χ1v) is 8.33. The molecule has 1 fully saturated rings. The van der Waals surface area contributed by atoms with Crippen LogP contribution < -0.4 is 0 Å². The lowest BCUT2D eigenvalue weighted by molar-refractivity contribution is 0.00585. The summed E-state index contributed by atoms with van der Waals surface area (Å²) in [4.78, 5) is 2.44. The summed E-state index contributed by atoms with van der Waals surface area (Å²) in [5, 5.41) is 10.7. The summed E-state index contributed by atoms with van der Waals surface area (Å²) in [6.07, 6.45) is 1.72. The summed E-state index contributed by atoms with van der Waals surface area (Å²) in [6, 6.07) is 21.4.